The molecule has 0 amide bonds. The highest BCUT2D eigenvalue weighted by Gasteiger charge is 2.26. The van der Waals surface area contributed by atoms with Crippen LogP contribution in [-0.4, -0.2) is 32.9 Å². The lowest BCUT2D eigenvalue weighted by Crippen LogP contribution is -2.31. The van der Waals surface area contributed by atoms with Crippen LogP contribution < -0.4 is 19.5 Å². The van der Waals surface area contributed by atoms with Gasteiger partial charge < -0.3 is 19.5 Å². The fourth-order valence-corrected chi connectivity index (χ4v) is 4.29. The second-order valence-corrected chi connectivity index (χ2v) is 7.43. The Morgan fingerprint density at radius 2 is 1.63 bits per heavy atom. The van der Waals surface area contributed by atoms with Crippen molar-refractivity contribution < 1.29 is 14.2 Å². The van der Waals surface area contributed by atoms with E-state index in [-0.39, 0.29) is 6.04 Å². The van der Waals surface area contributed by atoms with Crippen molar-refractivity contribution in [2.24, 2.45) is 0 Å². The average Bonchev–Trinajstić information content (AvgIpc) is 2.82. The lowest BCUT2D eigenvalue weighted by atomic mass is 9.89. The summed E-state index contributed by atoms with van der Waals surface area (Å²) in [6.07, 6.45) is 6.51. The first kappa shape index (κ1) is 20.2. The van der Waals surface area contributed by atoms with Crippen LogP contribution in [0.5, 0.6) is 17.2 Å². The van der Waals surface area contributed by atoms with E-state index in [1.165, 1.54) is 16.7 Å². The van der Waals surface area contributed by atoms with E-state index in [1.54, 1.807) is 27.5 Å². The number of nitrogens with one attached hydrogen (secondary N) is 1. The highest BCUT2D eigenvalue weighted by atomic mass is 16.5. The maximum atomic E-state index is 5.67. The van der Waals surface area contributed by atoms with Crippen LogP contribution in [-0.2, 0) is 12.8 Å². The maximum Gasteiger partial charge on any atom is 0.129 e. The number of hydrogen-bond acceptors (Lipinski definition) is 5. The topological polar surface area (TPSA) is 52.6 Å². The van der Waals surface area contributed by atoms with E-state index < -0.39 is 0 Å². The molecule has 5 heteroatoms. The molecule has 1 unspecified atom stereocenters. The highest BCUT2D eigenvalue weighted by molar-refractivity contribution is 5.69. The molecule has 0 aliphatic carbocycles. The highest BCUT2D eigenvalue weighted by Crippen LogP contribution is 2.39. The largest absolute Gasteiger partial charge is 0.496 e. The molecule has 0 bridgehead atoms. The van der Waals surface area contributed by atoms with Crippen molar-refractivity contribution in [3.8, 4) is 28.4 Å². The molecule has 3 aromatic rings. The molecule has 0 spiro atoms. The van der Waals surface area contributed by atoms with E-state index in [4.69, 9.17) is 14.2 Å². The third-order valence-corrected chi connectivity index (χ3v) is 5.82. The summed E-state index contributed by atoms with van der Waals surface area (Å²) in [6, 6.07) is 14.8. The molecule has 0 fully saturated rings. The molecule has 2 aromatic carbocycles. The number of aryl methyl sites for hydroxylation is 1. The second-order valence-electron chi connectivity index (χ2n) is 7.43. The van der Waals surface area contributed by atoms with Gasteiger partial charge in [-0.3, -0.25) is 4.98 Å². The molecular formula is C25H28N2O3. The predicted molar refractivity (Wildman–Crippen MR) is 119 cm³/mol. The molecule has 156 valence electrons. The van der Waals surface area contributed by atoms with Crippen LogP contribution in [0.3, 0.4) is 0 Å². The first-order chi connectivity index (χ1) is 14.7. The minimum Gasteiger partial charge on any atom is -0.496 e. The Kier molecular flexibility index (Phi) is 6.19. The SMILES string of the molecule is COc1ccncc1-c1ccc(CCC2NCCc3c(OC)ccc(OC)c32)cc1. The third kappa shape index (κ3) is 3.98. The number of ether oxygens (including phenoxy) is 3. The minimum absolute atomic E-state index is 0.247. The molecule has 1 aliphatic heterocycles. The molecule has 1 atom stereocenters. The maximum absolute atomic E-state index is 5.67. The van der Waals surface area contributed by atoms with Gasteiger partial charge in [0.1, 0.15) is 17.2 Å². The zero-order chi connectivity index (χ0) is 20.9. The zero-order valence-corrected chi connectivity index (χ0v) is 17.8. The standard InChI is InChI=1S/C25H28N2O3/c1-28-22-10-11-24(30-3)25-19(22)12-15-27-21(25)9-6-17-4-7-18(8-5-17)20-16-26-14-13-23(20)29-2/h4-5,7-8,10-11,13-14,16,21,27H,6,9,12,15H2,1-3H3. The van der Waals surface area contributed by atoms with Crippen molar-refractivity contribution in [2.75, 3.05) is 27.9 Å². The van der Waals surface area contributed by atoms with Crippen LogP contribution in [0, 0.1) is 0 Å². The number of aromatic nitrogens is 1. The van der Waals surface area contributed by atoms with Crippen LogP contribution in [0.1, 0.15) is 29.2 Å². The van der Waals surface area contributed by atoms with Crippen LogP contribution in [0.2, 0.25) is 0 Å². The quantitative estimate of drug-likeness (QED) is 0.624. The lowest BCUT2D eigenvalue weighted by molar-refractivity contribution is 0.371. The van der Waals surface area contributed by atoms with Gasteiger partial charge in [-0.25, -0.2) is 0 Å². The van der Waals surface area contributed by atoms with Gasteiger partial charge in [-0.15, -0.1) is 0 Å². The Bertz CT molecular complexity index is 1000. The van der Waals surface area contributed by atoms with E-state index in [0.717, 1.165) is 54.2 Å². The number of rotatable bonds is 7. The van der Waals surface area contributed by atoms with Gasteiger partial charge in [0, 0.05) is 35.1 Å². The van der Waals surface area contributed by atoms with Gasteiger partial charge in [0.25, 0.3) is 0 Å². The molecule has 0 saturated carbocycles. The number of nitrogens with zero attached hydrogens (tertiary/aromatic N) is 1. The van der Waals surface area contributed by atoms with Crippen LogP contribution in [0.25, 0.3) is 11.1 Å². The van der Waals surface area contributed by atoms with E-state index in [9.17, 15) is 0 Å². The Morgan fingerprint density at radius 1 is 0.900 bits per heavy atom. The minimum atomic E-state index is 0.247. The monoisotopic (exact) mass is 404 g/mol. The summed E-state index contributed by atoms with van der Waals surface area (Å²) in [6.45, 7) is 0.945. The van der Waals surface area contributed by atoms with Gasteiger partial charge in [-0.2, -0.15) is 0 Å². The Labute approximate surface area is 178 Å². The number of benzene rings is 2. The molecule has 1 aliphatic rings. The lowest BCUT2D eigenvalue weighted by Gasteiger charge is -2.30. The zero-order valence-electron chi connectivity index (χ0n) is 17.8. The van der Waals surface area contributed by atoms with Crippen LogP contribution in [0.15, 0.2) is 54.9 Å². The fraction of sp³-hybridized carbons (Fsp3) is 0.320. The molecule has 30 heavy (non-hydrogen) atoms. The number of pyridine rings is 1. The van der Waals surface area contributed by atoms with Crippen LogP contribution in [0.4, 0.5) is 0 Å². The molecule has 1 N–H and O–H groups in total. The van der Waals surface area contributed by atoms with Crippen molar-refractivity contribution in [3.05, 3.63) is 71.5 Å². The van der Waals surface area contributed by atoms with Gasteiger partial charge >= 0.3 is 0 Å². The van der Waals surface area contributed by atoms with Gasteiger partial charge in [-0.1, -0.05) is 24.3 Å². The summed E-state index contributed by atoms with van der Waals surface area (Å²) < 4.78 is 16.7. The average molecular weight is 405 g/mol. The predicted octanol–water partition coefficient (Wildman–Crippen LogP) is 4.59. The first-order valence-electron chi connectivity index (χ1n) is 10.3. The summed E-state index contributed by atoms with van der Waals surface area (Å²) in [5, 5.41) is 3.66. The second kappa shape index (κ2) is 9.18. The number of hydrogen-bond donors (Lipinski definition) is 1. The fourth-order valence-electron chi connectivity index (χ4n) is 4.29. The van der Waals surface area contributed by atoms with Crippen molar-refractivity contribution in [1.82, 2.24) is 10.3 Å². The summed E-state index contributed by atoms with van der Waals surface area (Å²) in [7, 11) is 5.16. The molecule has 0 radical (unpaired) electrons. The summed E-state index contributed by atoms with van der Waals surface area (Å²) >= 11 is 0. The number of methoxy groups -OCH3 is 3. The summed E-state index contributed by atoms with van der Waals surface area (Å²) in [5.41, 5.74) is 5.92. The number of fused-ring (bicyclic) bond motifs is 1. The normalized spacial score (nSPS) is 15.4. The smallest absolute Gasteiger partial charge is 0.129 e. The molecule has 2 heterocycles. The first-order valence-corrected chi connectivity index (χ1v) is 10.3. The van der Waals surface area contributed by atoms with Crippen molar-refractivity contribution >= 4 is 0 Å². The van der Waals surface area contributed by atoms with E-state index in [0.29, 0.717) is 0 Å². The Hall–Kier alpha value is -3.05. The molecule has 4 rings (SSSR count). The van der Waals surface area contributed by atoms with Gasteiger partial charge in [0.2, 0.25) is 0 Å². The van der Waals surface area contributed by atoms with Gasteiger partial charge in [0.15, 0.2) is 0 Å². The Balaban J connectivity index is 1.51. The Morgan fingerprint density at radius 3 is 2.37 bits per heavy atom. The molecule has 1 aromatic heterocycles. The molecule has 0 saturated heterocycles. The van der Waals surface area contributed by atoms with Crippen molar-refractivity contribution in [3.63, 3.8) is 0 Å². The van der Waals surface area contributed by atoms with Crippen molar-refractivity contribution in [2.45, 2.75) is 25.3 Å². The molecular weight excluding hydrogens is 376 g/mol. The van der Waals surface area contributed by atoms with E-state index in [2.05, 4.69) is 34.6 Å². The van der Waals surface area contributed by atoms with Crippen molar-refractivity contribution in [1.29, 1.82) is 0 Å². The van der Waals surface area contributed by atoms with Gasteiger partial charge in [0.05, 0.1) is 21.3 Å². The molecule has 5 nitrogen and oxygen atoms in total. The summed E-state index contributed by atoms with van der Waals surface area (Å²) in [4.78, 5) is 4.23. The summed E-state index contributed by atoms with van der Waals surface area (Å²) in [5.74, 6) is 2.72. The van der Waals surface area contributed by atoms with Gasteiger partial charge in [-0.05, 0) is 55.1 Å². The van der Waals surface area contributed by atoms with Crippen LogP contribution >= 0.6 is 0 Å². The van der Waals surface area contributed by atoms with E-state index in [1.807, 2.05) is 24.4 Å². The third-order valence-electron chi connectivity index (χ3n) is 5.82. The van der Waals surface area contributed by atoms with E-state index >= 15 is 0 Å².